The average Bonchev–Trinajstić information content (AvgIpc) is 3.16. The fraction of sp³-hybridized carbons (Fsp3) is 0.0476. The summed E-state index contributed by atoms with van der Waals surface area (Å²) in [5, 5.41) is 11.8. The van der Waals surface area contributed by atoms with Crippen LogP contribution in [0.1, 0.15) is 5.76 Å². The third kappa shape index (κ3) is 1.63. The molecule has 2 bridgehead atoms. The van der Waals surface area contributed by atoms with Gasteiger partial charge in [0.1, 0.15) is 29.3 Å². The minimum Gasteiger partial charge on any atom is -0.458 e. The number of furan rings is 2. The zero-order chi connectivity index (χ0) is 17.3. The number of nitrogens with zero attached hydrogens (tertiary/aromatic N) is 2. The first kappa shape index (κ1) is 13.8. The summed E-state index contributed by atoms with van der Waals surface area (Å²) in [5.41, 5.74) is 5.06. The number of hydrogen-bond donors (Lipinski definition) is 1. The number of aromatic nitrogens is 2. The van der Waals surface area contributed by atoms with E-state index < -0.39 is 0 Å². The number of aliphatic hydroxyl groups excluding tert-OH is 1. The van der Waals surface area contributed by atoms with Crippen LogP contribution in [0, 0.1) is 0 Å². The zero-order valence-corrected chi connectivity index (χ0v) is 13.6. The van der Waals surface area contributed by atoms with Gasteiger partial charge in [0.15, 0.2) is 5.82 Å². The first-order valence-electron chi connectivity index (χ1n) is 8.35. The van der Waals surface area contributed by atoms with Gasteiger partial charge in [0.2, 0.25) is 0 Å². The van der Waals surface area contributed by atoms with Gasteiger partial charge in [-0.2, -0.15) is 0 Å². The number of para-hydroxylation sites is 1. The summed E-state index contributed by atoms with van der Waals surface area (Å²) in [7, 11) is 0. The Morgan fingerprint density at radius 3 is 2.50 bits per heavy atom. The molecule has 0 saturated heterocycles. The van der Waals surface area contributed by atoms with E-state index in [-0.39, 0.29) is 6.61 Å². The van der Waals surface area contributed by atoms with Gasteiger partial charge >= 0.3 is 0 Å². The first-order chi connectivity index (χ1) is 12.8. The van der Waals surface area contributed by atoms with Gasteiger partial charge in [0, 0.05) is 39.9 Å². The fourth-order valence-electron chi connectivity index (χ4n) is 3.84. The van der Waals surface area contributed by atoms with Crippen LogP contribution in [0.5, 0.6) is 0 Å². The Bertz CT molecular complexity index is 1310. The van der Waals surface area contributed by atoms with Crippen LogP contribution in [-0.4, -0.2) is 15.1 Å². The normalized spacial score (nSPS) is 12.2. The van der Waals surface area contributed by atoms with Gasteiger partial charge in [-0.3, -0.25) is 0 Å². The summed E-state index contributed by atoms with van der Waals surface area (Å²) in [4.78, 5) is 8.95. The number of fused-ring (bicyclic) bond motifs is 3. The summed E-state index contributed by atoms with van der Waals surface area (Å²) in [5.74, 6) is 1.85. The van der Waals surface area contributed by atoms with E-state index in [1.54, 1.807) is 0 Å². The number of hydrogen-bond acceptors (Lipinski definition) is 5. The van der Waals surface area contributed by atoms with Crippen LogP contribution in [0.15, 0.2) is 63.7 Å². The molecule has 5 heterocycles. The molecule has 2 aliphatic heterocycles. The second kappa shape index (κ2) is 4.80. The molecule has 0 amide bonds. The van der Waals surface area contributed by atoms with Gasteiger partial charge in [0.05, 0.1) is 5.56 Å². The Balaban J connectivity index is 1.82. The van der Waals surface area contributed by atoms with Crippen molar-refractivity contribution in [3.63, 3.8) is 0 Å². The van der Waals surface area contributed by atoms with E-state index in [0.717, 1.165) is 44.2 Å². The Morgan fingerprint density at radius 1 is 0.846 bits per heavy atom. The Hall–Kier alpha value is -3.44. The molecule has 26 heavy (non-hydrogen) atoms. The molecular formula is C21H12N2O3. The molecule has 0 unspecified atom stereocenters. The third-order valence-corrected chi connectivity index (χ3v) is 4.94. The lowest BCUT2D eigenvalue weighted by Crippen LogP contribution is -1.87. The quantitative estimate of drug-likeness (QED) is 0.491. The Kier molecular flexibility index (Phi) is 2.55. The SMILES string of the molecule is OCc1oc2ccccc2c1-c1oc2cccc3c2c1-c1cnc-3nc1. The molecule has 0 saturated carbocycles. The summed E-state index contributed by atoms with van der Waals surface area (Å²) < 4.78 is 12.2. The first-order valence-corrected chi connectivity index (χ1v) is 8.35. The highest BCUT2D eigenvalue weighted by molar-refractivity contribution is 6.12. The van der Waals surface area contributed by atoms with Crippen LogP contribution in [0.4, 0.5) is 0 Å². The smallest absolute Gasteiger partial charge is 0.159 e. The van der Waals surface area contributed by atoms with Gasteiger partial charge < -0.3 is 13.9 Å². The molecular weight excluding hydrogens is 328 g/mol. The minimum absolute atomic E-state index is 0.206. The molecule has 124 valence electrons. The van der Waals surface area contributed by atoms with Crippen LogP contribution in [0.25, 0.3) is 55.8 Å². The molecule has 2 aliphatic rings. The summed E-state index contributed by atoms with van der Waals surface area (Å²) >= 11 is 0. The lowest BCUT2D eigenvalue weighted by Gasteiger charge is -2.02. The molecule has 5 aromatic rings. The van der Waals surface area contributed by atoms with E-state index in [9.17, 15) is 5.11 Å². The van der Waals surface area contributed by atoms with E-state index in [4.69, 9.17) is 8.83 Å². The highest BCUT2D eigenvalue weighted by Crippen LogP contribution is 2.48. The van der Waals surface area contributed by atoms with Gasteiger partial charge in [-0.15, -0.1) is 0 Å². The Labute approximate surface area is 147 Å². The number of aliphatic hydroxyl groups is 1. The van der Waals surface area contributed by atoms with Gasteiger partial charge in [-0.1, -0.05) is 30.3 Å². The summed E-state index contributed by atoms with van der Waals surface area (Å²) in [6.45, 7) is -0.206. The molecule has 0 spiro atoms. The molecule has 5 nitrogen and oxygen atoms in total. The van der Waals surface area contributed by atoms with Crippen LogP contribution in [0.2, 0.25) is 0 Å². The van der Waals surface area contributed by atoms with Crippen molar-refractivity contribution in [1.29, 1.82) is 0 Å². The topological polar surface area (TPSA) is 72.3 Å². The molecule has 3 aromatic heterocycles. The van der Waals surface area contributed by atoms with Gasteiger partial charge in [0.25, 0.3) is 0 Å². The summed E-state index contributed by atoms with van der Waals surface area (Å²) in [6.07, 6.45) is 3.63. The molecule has 7 rings (SSSR count). The van der Waals surface area contributed by atoms with Crippen LogP contribution in [-0.2, 0) is 6.61 Å². The van der Waals surface area contributed by atoms with Gasteiger partial charge in [-0.05, 0) is 12.1 Å². The molecule has 1 N–H and O–H groups in total. The lowest BCUT2D eigenvalue weighted by atomic mass is 9.97. The molecule has 0 aliphatic carbocycles. The zero-order valence-electron chi connectivity index (χ0n) is 13.6. The molecule has 5 heteroatoms. The van der Waals surface area contributed by atoms with Crippen molar-refractivity contribution >= 4 is 21.9 Å². The van der Waals surface area contributed by atoms with Crippen LogP contribution < -0.4 is 0 Å². The average molecular weight is 340 g/mol. The second-order valence-corrected chi connectivity index (χ2v) is 6.33. The van der Waals surface area contributed by atoms with E-state index in [1.165, 1.54) is 0 Å². The van der Waals surface area contributed by atoms with Crippen molar-refractivity contribution in [3.05, 3.63) is 60.6 Å². The Morgan fingerprint density at radius 2 is 1.65 bits per heavy atom. The van der Waals surface area contributed by atoms with Crippen LogP contribution in [0.3, 0.4) is 0 Å². The highest BCUT2D eigenvalue weighted by atomic mass is 16.4. The molecule has 0 atom stereocenters. The number of rotatable bonds is 2. The minimum atomic E-state index is -0.206. The summed E-state index contributed by atoms with van der Waals surface area (Å²) in [6, 6.07) is 13.6. The van der Waals surface area contributed by atoms with Crippen molar-refractivity contribution in [2.45, 2.75) is 6.61 Å². The maximum atomic E-state index is 9.88. The molecule has 0 fully saturated rings. The van der Waals surface area contributed by atoms with E-state index in [0.29, 0.717) is 17.3 Å². The van der Waals surface area contributed by atoms with E-state index >= 15 is 0 Å². The monoisotopic (exact) mass is 340 g/mol. The molecule has 0 radical (unpaired) electrons. The van der Waals surface area contributed by atoms with Crippen molar-refractivity contribution in [2.24, 2.45) is 0 Å². The van der Waals surface area contributed by atoms with Gasteiger partial charge in [-0.25, -0.2) is 9.97 Å². The number of benzene rings is 2. The predicted molar refractivity (Wildman–Crippen MR) is 97.4 cm³/mol. The largest absolute Gasteiger partial charge is 0.458 e. The van der Waals surface area contributed by atoms with Crippen molar-refractivity contribution < 1.29 is 13.9 Å². The standard InChI is InChI=1S/C21H12N2O3/c24-10-16-19(12-4-1-2-6-14(12)25-16)20-17-11-8-22-21(23-9-11)13-5-3-7-15(26-20)18(13)17/h1-9,24H,10H2. The van der Waals surface area contributed by atoms with Crippen molar-refractivity contribution in [3.8, 4) is 33.8 Å². The van der Waals surface area contributed by atoms with E-state index in [2.05, 4.69) is 9.97 Å². The van der Waals surface area contributed by atoms with E-state index in [1.807, 2.05) is 54.9 Å². The maximum Gasteiger partial charge on any atom is 0.159 e. The third-order valence-electron chi connectivity index (χ3n) is 4.94. The van der Waals surface area contributed by atoms with Crippen molar-refractivity contribution in [1.82, 2.24) is 9.97 Å². The second-order valence-electron chi connectivity index (χ2n) is 6.33. The fourth-order valence-corrected chi connectivity index (χ4v) is 3.84. The molecule has 2 aromatic carbocycles. The lowest BCUT2D eigenvalue weighted by molar-refractivity contribution is 0.251. The van der Waals surface area contributed by atoms with Crippen LogP contribution >= 0.6 is 0 Å². The highest BCUT2D eigenvalue weighted by Gasteiger charge is 2.28. The van der Waals surface area contributed by atoms with Crippen molar-refractivity contribution in [2.75, 3.05) is 0 Å². The predicted octanol–water partition coefficient (Wildman–Crippen LogP) is 4.78. The maximum absolute atomic E-state index is 9.88.